The Labute approximate surface area is 144 Å². The molecule has 1 aromatic heterocycles. The van der Waals surface area contributed by atoms with Gasteiger partial charge in [0.1, 0.15) is 5.76 Å². The molecule has 1 aromatic carbocycles. The molecule has 25 heavy (non-hydrogen) atoms. The summed E-state index contributed by atoms with van der Waals surface area (Å²) >= 11 is 0. The predicted molar refractivity (Wildman–Crippen MR) is 97.9 cm³/mol. The second-order valence-electron chi connectivity index (χ2n) is 5.63. The lowest BCUT2D eigenvalue weighted by molar-refractivity contribution is 0.300. The highest BCUT2D eigenvalue weighted by molar-refractivity contribution is 6.50. The third-order valence-electron chi connectivity index (χ3n) is 4.10. The van der Waals surface area contributed by atoms with Gasteiger partial charge in [0, 0.05) is 13.1 Å². The lowest BCUT2D eigenvalue weighted by Crippen LogP contribution is -2.21. The van der Waals surface area contributed by atoms with Gasteiger partial charge < -0.3 is 10.5 Å². The average molecular weight is 337 g/mol. The number of rotatable bonds is 3. The van der Waals surface area contributed by atoms with Crippen molar-refractivity contribution in [1.82, 2.24) is 9.36 Å². The molecule has 0 unspecified atom stereocenters. The molecule has 1 aliphatic carbocycles. The minimum absolute atomic E-state index is 0.132. The van der Waals surface area contributed by atoms with E-state index in [4.69, 9.17) is 15.9 Å². The Morgan fingerprint density at radius 3 is 2.52 bits per heavy atom. The number of aromatic nitrogens is 2. The Kier molecular flexibility index (Phi) is 4.14. The van der Waals surface area contributed by atoms with Crippen LogP contribution >= 0.6 is 0 Å². The van der Waals surface area contributed by atoms with E-state index < -0.39 is 0 Å². The molecule has 1 aliphatic rings. The highest BCUT2D eigenvalue weighted by atomic mass is 16.5. The smallest absolute Gasteiger partial charge is 0.297 e. The summed E-state index contributed by atoms with van der Waals surface area (Å²) in [7, 11) is 3.29. The van der Waals surface area contributed by atoms with Crippen molar-refractivity contribution in [2.45, 2.75) is 6.92 Å². The van der Waals surface area contributed by atoms with Crippen LogP contribution in [0.3, 0.4) is 0 Å². The Morgan fingerprint density at radius 2 is 1.88 bits per heavy atom. The first-order chi connectivity index (χ1) is 11.9. The van der Waals surface area contributed by atoms with E-state index >= 15 is 0 Å². The Bertz CT molecular complexity index is 990. The highest BCUT2D eigenvalue weighted by Gasteiger charge is 2.19. The zero-order valence-corrected chi connectivity index (χ0v) is 14.3. The van der Waals surface area contributed by atoms with E-state index in [1.165, 1.54) is 13.2 Å². The molecule has 128 valence electrons. The van der Waals surface area contributed by atoms with Crippen molar-refractivity contribution in [2.24, 2.45) is 17.8 Å². The highest BCUT2D eigenvalue weighted by Crippen LogP contribution is 2.19. The molecule has 3 rings (SSSR count). The zero-order valence-electron chi connectivity index (χ0n) is 14.3. The fourth-order valence-electron chi connectivity index (χ4n) is 2.66. The molecule has 0 atom stereocenters. The second-order valence-corrected chi connectivity index (χ2v) is 5.63. The number of para-hydroxylation sites is 1. The molecule has 7 heteroatoms. The second kappa shape index (κ2) is 6.27. The van der Waals surface area contributed by atoms with E-state index in [-0.39, 0.29) is 17.0 Å². The monoisotopic (exact) mass is 337 g/mol. The SMILES string of the molecule is COC1=CC(=Nc2c(C)n(C)n(-c3ccccc3)c2=O)C(=N)C=C1N. The molecule has 2 aromatic rings. The number of methoxy groups -OCH3 is 1. The van der Waals surface area contributed by atoms with Gasteiger partial charge in [-0.3, -0.25) is 14.9 Å². The predicted octanol–water partition coefficient (Wildman–Crippen LogP) is 1.96. The van der Waals surface area contributed by atoms with Gasteiger partial charge in [0.25, 0.3) is 5.56 Å². The normalized spacial score (nSPS) is 16.0. The van der Waals surface area contributed by atoms with Gasteiger partial charge in [-0.1, -0.05) is 18.2 Å². The summed E-state index contributed by atoms with van der Waals surface area (Å²) in [5.41, 5.74) is 8.11. The third-order valence-corrected chi connectivity index (χ3v) is 4.10. The number of allylic oxidation sites excluding steroid dienone is 2. The molecule has 0 saturated carbocycles. The zero-order chi connectivity index (χ0) is 18.1. The van der Waals surface area contributed by atoms with Crippen LogP contribution < -0.4 is 11.3 Å². The van der Waals surface area contributed by atoms with Crippen LogP contribution in [0.1, 0.15) is 5.69 Å². The van der Waals surface area contributed by atoms with Crippen LogP contribution in [0.25, 0.3) is 5.69 Å². The van der Waals surface area contributed by atoms with E-state index in [1.54, 1.807) is 22.5 Å². The summed E-state index contributed by atoms with van der Waals surface area (Å²) in [4.78, 5) is 17.3. The van der Waals surface area contributed by atoms with E-state index in [1.807, 2.05) is 37.3 Å². The summed E-state index contributed by atoms with van der Waals surface area (Å²) in [6, 6.07) is 9.34. The van der Waals surface area contributed by atoms with Crippen LogP contribution in [0.4, 0.5) is 5.69 Å². The van der Waals surface area contributed by atoms with Crippen LogP contribution in [-0.4, -0.2) is 27.9 Å². The van der Waals surface area contributed by atoms with E-state index in [2.05, 4.69) is 4.99 Å². The van der Waals surface area contributed by atoms with Gasteiger partial charge in [-0.15, -0.1) is 0 Å². The maximum Gasteiger partial charge on any atom is 0.297 e. The van der Waals surface area contributed by atoms with E-state index in [0.717, 1.165) is 5.69 Å². The fraction of sp³-hybridized carbons (Fsp3) is 0.167. The summed E-state index contributed by atoms with van der Waals surface area (Å²) in [5, 5.41) is 8.05. The standard InChI is InChI=1S/C18H19N5O2/c1-11-17(21-15-10-16(25-3)14(20)9-13(15)19)18(24)23(22(11)2)12-7-5-4-6-8-12/h4-10,19H,20H2,1-3H3. The summed E-state index contributed by atoms with van der Waals surface area (Å²) in [6.07, 6.45) is 3.03. The summed E-state index contributed by atoms with van der Waals surface area (Å²) < 4.78 is 8.47. The minimum Gasteiger partial charge on any atom is -0.495 e. The van der Waals surface area contributed by atoms with E-state index in [9.17, 15) is 4.79 Å². The molecule has 0 aliphatic heterocycles. The van der Waals surface area contributed by atoms with Crippen molar-refractivity contribution in [2.75, 3.05) is 7.11 Å². The number of nitrogens with one attached hydrogen (secondary N) is 1. The summed E-state index contributed by atoms with van der Waals surface area (Å²) in [5.74, 6) is 0.423. The number of nitrogens with two attached hydrogens (primary N) is 1. The Balaban J connectivity index is 2.16. The number of hydrogen-bond acceptors (Lipinski definition) is 5. The number of nitrogens with zero attached hydrogens (tertiary/aromatic N) is 3. The molecular weight excluding hydrogens is 318 g/mol. The van der Waals surface area contributed by atoms with Crippen LogP contribution in [0.2, 0.25) is 0 Å². The maximum atomic E-state index is 12.9. The molecule has 1 heterocycles. The van der Waals surface area contributed by atoms with Gasteiger partial charge in [0.2, 0.25) is 0 Å². The minimum atomic E-state index is -0.249. The molecule has 0 spiro atoms. The van der Waals surface area contributed by atoms with Gasteiger partial charge in [0.05, 0.1) is 35.6 Å². The van der Waals surface area contributed by atoms with Crippen LogP contribution in [-0.2, 0) is 11.8 Å². The first kappa shape index (κ1) is 16.5. The Hall–Kier alpha value is -3.35. The number of aliphatic imine (C=N–C) groups is 1. The first-order valence-corrected chi connectivity index (χ1v) is 7.69. The third kappa shape index (κ3) is 2.80. The lowest BCUT2D eigenvalue weighted by Gasteiger charge is -2.12. The molecule has 0 saturated heterocycles. The maximum absolute atomic E-state index is 12.9. The van der Waals surface area contributed by atoms with Crippen molar-refractivity contribution in [3.63, 3.8) is 0 Å². The van der Waals surface area contributed by atoms with Gasteiger partial charge in [-0.25, -0.2) is 9.67 Å². The topological polar surface area (TPSA) is 98.4 Å². The number of benzene rings is 1. The largest absolute Gasteiger partial charge is 0.495 e. The number of ether oxygens (including phenoxy) is 1. The molecule has 0 bridgehead atoms. The molecule has 3 N–H and O–H groups in total. The van der Waals surface area contributed by atoms with Crippen molar-refractivity contribution in [1.29, 1.82) is 5.41 Å². The quantitative estimate of drug-likeness (QED) is 0.838. The van der Waals surface area contributed by atoms with Gasteiger partial charge in [-0.2, -0.15) is 0 Å². The van der Waals surface area contributed by atoms with Crippen LogP contribution in [0, 0.1) is 12.3 Å². The van der Waals surface area contributed by atoms with Crippen molar-refractivity contribution >= 4 is 17.1 Å². The summed E-state index contributed by atoms with van der Waals surface area (Å²) in [6.45, 7) is 1.82. The first-order valence-electron chi connectivity index (χ1n) is 7.69. The molecule has 0 fully saturated rings. The lowest BCUT2D eigenvalue weighted by atomic mass is 10.1. The number of hydrogen-bond donors (Lipinski definition) is 2. The average Bonchev–Trinajstić information content (AvgIpc) is 2.81. The van der Waals surface area contributed by atoms with E-state index in [0.29, 0.717) is 22.9 Å². The van der Waals surface area contributed by atoms with Gasteiger partial charge >= 0.3 is 0 Å². The molecule has 7 nitrogen and oxygen atoms in total. The van der Waals surface area contributed by atoms with Crippen LogP contribution in [0.5, 0.6) is 0 Å². The molecule has 0 radical (unpaired) electrons. The Morgan fingerprint density at radius 1 is 1.20 bits per heavy atom. The molecular formula is C18H19N5O2. The van der Waals surface area contributed by atoms with Gasteiger partial charge in [0.15, 0.2) is 5.69 Å². The molecule has 0 amide bonds. The van der Waals surface area contributed by atoms with Gasteiger partial charge in [-0.05, 0) is 25.1 Å². The van der Waals surface area contributed by atoms with Crippen LogP contribution in [0.15, 0.2) is 63.7 Å². The van der Waals surface area contributed by atoms with Crippen molar-refractivity contribution < 1.29 is 4.74 Å². The van der Waals surface area contributed by atoms with Crippen molar-refractivity contribution in [3.8, 4) is 5.69 Å². The fourth-order valence-corrected chi connectivity index (χ4v) is 2.66. The van der Waals surface area contributed by atoms with Crippen molar-refractivity contribution in [3.05, 3.63) is 70.0 Å².